The molecule has 0 aromatic heterocycles. The van der Waals surface area contributed by atoms with Crippen LogP contribution in [0.25, 0.3) is 0 Å². The first kappa shape index (κ1) is 11.8. The number of rotatable bonds is 5. The number of hydrogen-bond donors (Lipinski definition) is 2. The molecule has 84 valence electrons. The van der Waals surface area contributed by atoms with Crippen LogP contribution in [0.4, 0.5) is 0 Å². The van der Waals surface area contributed by atoms with Gasteiger partial charge >= 0.3 is 0 Å². The Morgan fingerprint density at radius 3 is 2.67 bits per heavy atom. The Balaban J connectivity index is 2.67. The van der Waals surface area contributed by atoms with Crippen molar-refractivity contribution in [3.63, 3.8) is 0 Å². The molecular weight excluding hydrogens is 196 g/mol. The summed E-state index contributed by atoms with van der Waals surface area (Å²) in [5.41, 5.74) is 1.07. The van der Waals surface area contributed by atoms with E-state index in [1.54, 1.807) is 13.2 Å². The van der Waals surface area contributed by atoms with E-state index in [-0.39, 0.29) is 13.2 Å². The third-order valence-corrected chi connectivity index (χ3v) is 1.96. The zero-order valence-electron chi connectivity index (χ0n) is 8.93. The van der Waals surface area contributed by atoms with Gasteiger partial charge in [0.05, 0.1) is 13.7 Å². The second-order valence-corrected chi connectivity index (χ2v) is 3.30. The summed E-state index contributed by atoms with van der Waals surface area (Å²) >= 11 is 0. The molecule has 1 atom stereocenters. The molecule has 1 aromatic rings. The fourth-order valence-electron chi connectivity index (χ4n) is 1.13. The van der Waals surface area contributed by atoms with Gasteiger partial charge in [0.25, 0.3) is 0 Å². The Kier molecular flexibility index (Phi) is 4.39. The van der Waals surface area contributed by atoms with Crippen molar-refractivity contribution < 1.29 is 19.7 Å². The van der Waals surface area contributed by atoms with E-state index in [0.29, 0.717) is 11.5 Å². The fraction of sp³-hybridized carbons (Fsp3) is 0.455. The Hall–Kier alpha value is -1.26. The van der Waals surface area contributed by atoms with Gasteiger partial charge in [0.2, 0.25) is 0 Å². The molecule has 0 heterocycles. The number of aliphatic hydroxyl groups excluding tert-OH is 2. The monoisotopic (exact) mass is 212 g/mol. The number of aryl methyl sites for hydroxylation is 1. The minimum Gasteiger partial charge on any atom is -0.493 e. The number of methoxy groups -OCH3 is 1. The van der Waals surface area contributed by atoms with Crippen LogP contribution in [0.5, 0.6) is 11.5 Å². The highest BCUT2D eigenvalue weighted by Gasteiger charge is 2.07. The van der Waals surface area contributed by atoms with E-state index in [9.17, 15) is 0 Å². The maximum Gasteiger partial charge on any atom is 0.161 e. The highest BCUT2D eigenvalue weighted by molar-refractivity contribution is 5.42. The third kappa shape index (κ3) is 3.42. The minimum absolute atomic E-state index is 0.0515. The van der Waals surface area contributed by atoms with E-state index < -0.39 is 6.10 Å². The normalized spacial score (nSPS) is 12.3. The van der Waals surface area contributed by atoms with Crippen LogP contribution in [-0.4, -0.2) is 36.6 Å². The maximum absolute atomic E-state index is 9.12. The highest BCUT2D eigenvalue weighted by atomic mass is 16.5. The summed E-state index contributed by atoms with van der Waals surface area (Å²) in [4.78, 5) is 0. The summed E-state index contributed by atoms with van der Waals surface area (Å²) in [5, 5.41) is 17.7. The molecule has 0 aliphatic carbocycles. The molecule has 4 heteroatoms. The molecule has 0 bridgehead atoms. The van der Waals surface area contributed by atoms with Gasteiger partial charge in [-0.05, 0) is 24.6 Å². The molecule has 4 nitrogen and oxygen atoms in total. The van der Waals surface area contributed by atoms with Crippen LogP contribution in [0.15, 0.2) is 18.2 Å². The molecule has 1 unspecified atom stereocenters. The number of hydrogen-bond acceptors (Lipinski definition) is 4. The number of benzene rings is 1. The average molecular weight is 212 g/mol. The zero-order chi connectivity index (χ0) is 11.3. The molecule has 1 rings (SSSR count). The molecule has 0 saturated carbocycles. The average Bonchev–Trinajstić information content (AvgIpc) is 2.26. The summed E-state index contributed by atoms with van der Waals surface area (Å²) in [6.45, 7) is 1.69. The molecule has 0 spiro atoms. The van der Waals surface area contributed by atoms with Crippen LogP contribution in [0.1, 0.15) is 5.56 Å². The minimum atomic E-state index is -0.865. The summed E-state index contributed by atoms with van der Waals surface area (Å²) in [6, 6.07) is 5.52. The first-order valence-corrected chi connectivity index (χ1v) is 4.73. The van der Waals surface area contributed by atoms with Gasteiger partial charge in [-0.15, -0.1) is 0 Å². The van der Waals surface area contributed by atoms with E-state index in [2.05, 4.69) is 0 Å². The molecule has 1 aromatic carbocycles. The van der Waals surface area contributed by atoms with Crippen LogP contribution in [0, 0.1) is 6.92 Å². The second-order valence-electron chi connectivity index (χ2n) is 3.30. The standard InChI is InChI=1S/C11H16O4/c1-8-3-4-10(11(5-8)14-2)15-7-9(13)6-12/h3-5,9,12-13H,6-7H2,1-2H3. The van der Waals surface area contributed by atoms with Gasteiger partial charge in [-0.3, -0.25) is 0 Å². The summed E-state index contributed by atoms with van der Waals surface area (Å²) in [6.07, 6.45) is -0.865. The van der Waals surface area contributed by atoms with Gasteiger partial charge in [0.15, 0.2) is 11.5 Å². The SMILES string of the molecule is COc1cc(C)ccc1OCC(O)CO. The smallest absolute Gasteiger partial charge is 0.161 e. The Bertz CT molecular complexity index is 311. The van der Waals surface area contributed by atoms with Gasteiger partial charge in [-0.25, -0.2) is 0 Å². The van der Waals surface area contributed by atoms with Gasteiger partial charge in [-0.1, -0.05) is 6.07 Å². The van der Waals surface area contributed by atoms with Gasteiger partial charge < -0.3 is 19.7 Å². The van der Waals surface area contributed by atoms with E-state index in [1.165, 1.54) is 0 Å². The van der Waals surface area contributed by atoms with Crippen molar-refractivity contribution in [1.29, 1.82) is 0 Å². The quantitative estimate of drug-likeness (QED) is 0.755. The second kappa shape index (κ2) is 5.58. The lowest BCUT2D eigenvalue weighted by Crippen LogP contribution is -2.21. The maximum atomic E-state index is 9.12. The van der Waals surface area contributed by atoms with E-state index >= 15 is 0 Å². The molecule has 0 aliphatic rings. The van der Waals surface area contributed by atoms with Crippen LogP contribution >= 0.6 is 0 Å². The number of aliphatic hydroxyl groups is 2. The molecule has 0 saturated heterocycles. The first-order valence-electron chi connectivity index (χ1n) is 4.73. The third-order valence-electron chi connectivity index (χ3n) is 1.96. The molecule has 0 amide bonds. The zero-order valence-corrected chi connectivity index (χ0v) is 8.93. The number of ether oxygens (including phenoxy) is 2. The van der Waals surface area contributed by atoms with Crippen molar-refractivity contribution in [2.45, 2.75) is 13.0 Å². The molecule has 0 radical (unpaired) electrons. The lowest BCUT2D eigenvalue weighted by atomic mass is 10.2. The topological polar surface area (TPSA) is 58.9 Å². The van der Waals surface area contributed by atoms with Gasteiger partial charge in [0.1, 0.15) is 12.7 Å². The van der Waals surface area contributed by atoms with Gasteiger partial charge in [0, 0.05) is 0 Å². The first-order chi connectivity index (χ1) is 7.17. The Morgan fingerprint density at radius 1 is 1.33 bits per heavy atom. The van der Waals surface area contributed by atoms with Crippen LogP contribution < -0.4 is 9.47 Å². The Labute approximate surface area is 89.1 Å². The van der Waals surface area contributed by atoms with Crippen LogP contribution in [0.3, 0.4) is 0 Å². The predicted octanol–water partition coefficient (Wildman–Crippen LogP) is 0.736. The molecule has 0 fully saturated rings. The highest BCUT2D eigenvalue weighted by Crippen LogP contribution is 2.27. The van der Waals surface area contributed by atoms with Crippen LogP contribution in [-0.2, 0) is 0 Å². The van der Waals surface area contributed by atoms with E-state index in [0.717, 1.165) is 5.56 Å². The lowest BCUT2D eigenvalue weighted by Gasteiger charge is -2.13. The molecule has 15 heavy (non-hydrogen) atoms. The van der Waals surface area contributed by atoms with Crippen molar-refractivity contribution in [3.8, 4) is 11.5 Å². The molecule has 0 aliphatic heterocycles. The van der Waals surface area contributed by atoms with E-state index in [1.807, 2.05) is 19.1 Å². The van der Waals surface area contributed by atoms with Crippen molar-refractivity contribution >= 4 is 0 Å². The van der Waals surface area contributed by atoms with Gasteiger partial charge in [-0.2, -0.15) is 0 Å². The summed E-state index contributed by atoms with van der Waals surface area (Å²) < 4.78 is 10.4. The molecule has 2 N–H and O–H groups in total. The van der Waals surface area contributed by atoms with E-state index in [4.69, 9.17) is 19.7 Å². The summed E-state index contributed by atoms with van der Waals surface area (Å²) in [5.74, 6) is 1.19. The Morgan fingerprint density at radius 2 is 2.07 bits per heavy atom. The largest absolute Gasteiger partial charge is 0.493 e. The van der Waals surface area contributed by atoms with Crippen molar-refractivity contribution in [2.75, 3.05) is 20.3 Å². The molecular formula is C11H16O4. The summed E-state index contributed by atoms with van der Waals surface area (Å²) in [7, 11) is 1.56. The van der Waals surface area contributed by atoms with Crippen molar-refractivity contribution in [2.24, 2.45) is 0 Å². The predicted molar refractivity (Wildman–Crippen MR) is 56.3 cm³/mol. The van der Waals surface area contributed by atoms with Crippen molar-refractivity contribution in [3.05, 3.63) is 23.8 Å². The lowest BCUT2D eigenvalue weighted by molar-refractivity contribution is 0.0527. The van der Waals surface area contributed by atoms with Crippen molar-refractivity contribution in [1.82, 2.24) is 0 Å². The van der Waals surface area contributed by atoms with Crippen LogP contribution in [0.2, 0.25) is 0 Å². The fourth-order valence-corrected chi connectivity index (χ4v) is 1.13.